The number of carboxylic acids is 1. The molecular weight excluding hydrogens is 496 g/mol. The van der Waals surface area contributed by atoms with E-state index in [0.29, 0.717) is 30.3 Å². The highest BCUT2D eigenvalue weighted by atomic mass is 35.5. The summed E-state index contributed by atoms with van der Waals surface area (Å²) in [6, 6.07) is 35.8. The summed E-state index contributed by atoms with van der Waals surface area (Å²) in [6.07, 6.45) is 0.479. The second-order valence-electron chi connectivity index (χ2n) is 9.07. The lowest BCUT2D eigenvalue weighted by Crippen LogP contribution is -2.04. The summed E-state index contributed by atoms with van der Waals surface area (Å²) in [5, 5.41) is 14.9. The lowest BCUT2D eigenvalue weighted by molar-refractivity contribution is -0.136. The number of hydrogen-bond donors (Lipinski definition) is 1. The first-order chi connectivity index (χ1) is 18.5. The van der Waals surface area contributed by atoms with Crippen molar-refractivity contribution in [1.29, 1.82) is 0 Å². The zero-order valence-corrected chi connectivity index (χ0v) is 21.5. The van der Waals surface area contributed by atoms with Crippen molar-refractivity contribution in [3.05, 3.63) is 131 Å². The van der Waals surface area contributed by atoms with E-state index >= 15 is 0 Å². The van der Waals surface area contributed by atoms with Crippen molar-refractivity contribution in [2.45, 2.75) is 26.0 Å². The molecule has 1 heterocycles. The van der Waals surface area contributed by atoms with Crippen LogP contribution in [0.1, 0.15) is 23.1 Å². The fourth-order valence-electron chi connectivity index (χ4n) is 4.36. The van der Waals surface area contributed by atoms with Crippen LogP contribution in [0.5, 0.6) is 5.75 Å². The molecule has 1 N–H and O–H groups in total. The highest BCUT2D eigenvalue weighted by molar-refractivity contribution is 6.30. The van der Waals surface area contributed by atoms with E-state index in [4.69, 9.17) is 21.4 Å². The van der Waals surface area contributed by atoms with E-state index in [1.54, 1.807) is 0 Å². The van der Waals surface area contributed by atoms with E-state index in [1.165, 1.54) is 0 Å². The summed E-state index contributed by atoms with van der Waals surface area (Å²) in [5.41, 5.74) is 6.64. The summed E-state index contributed by atoms with van der Waals surface area (Å²) < 4.78 is 8.27. The van der Waals surface area contributed by atoms with Gasteiger partial charge in [0.05, 0.1) is 17.9 Å². The number of nitrogens with zero attached hydrogens (tertiary/aromatic N) is 2. The van der Waals surface area contributed by atoms with Crippen LogP contribution in [0.4, 0.5) is 0 Å². The van der Waals surface area contributed by atoms with Gasteiger partial charge in [-0.1, -0.05) is 90.5 Å². The highest BCUT2D eigenvalue weighted by Gasteiger charge is 2.17. The van der Waals surface area contributed by atoms with Crippen LogP contribution in [0.15, 0.2) is 109 Å². The maximum absolute atomic E-state index is 11.2. The number of rotatable bonds is 10. The molecule has 190 valence electrons. The smallest absolute Gasteiger partial charge is 0.303 e. The molecule has 0 unspecified atom stereocenters. The summed E-state index contributed by atoms with van der Waals surface area (Å²) in [6.45, 7) is 0.959. The van der Waals surface area contributed by atoms with Gasteiger partial charge in [-0.15, -0.1) is 0 Å². The number of benzene rings is 4. The third-order valence-corrected chi connectivity index (χ3v) is 6.49. The second-order valence-corrected chi connectivity index (χ2v) is 9.50. The van der Waals surface area contributed by atoms with Gasteiger partial charge in [0.2, 0.25) is 0 Å². The molecule has 38 heavy (non-hydrogen) atoms. The monoisotopic (exact) mass is 522 g/mol. The van der Waals surface area contributed by atoms with Crippen molar-refractivity contribution in [3.8, 4) is 28.3 Å². The number of aliphatic carboxylic acids is 1. The molecule has 5 nitrogen and oxygen atoms in total. The van der Waals surface area contributed by atoms with E-state index in [-0.39, 0.29) is 6.42 Å². The maximum Gasteiger partial charge on any atom is 0.303 e. The first-order valence-electron chi connectivity index (χ1n) is 12.4. The average molecular weight is 523 g/mol. The van der Waals surface area contributed by atoms with Crippen LogP contribution in [0.25, 0.3) is 22.5 Å². The predicted molar refractivity (Wildman–Crippen MR) is 150 cm³/mol. The van der Waals surface area contributed by atoms with Crippen LogP contribution in [0, 0.1) is 0 Å². The third kappa shape index (κ3) is 6.31. The number of ether oxygens (including phenoxy) is 1. The van der Waals surface area contributed by atoms with Gasteiger partial charge in [-0.05, 0) is 59.0 Å². The van der Waals surface area contributed by atoms with Crippen LogP contribution in [-0.2, 0) is 24.4 Å². The summed E-state index contributed by atoms with van der Waals surface area (Å²) in [4.78, 5) is 11.2. The molecule has 1 aromatic heterocycles. The molecule has 0 amide bonds. The zero-order valence-electron chi connectivity index (χ0n) is 20.8. The minimum absolute atomic E-state index is 0.0554. The Kier molecular flexibility index (Phi) is 7.86. The van der Waals surface area contributed by atoms with Crippen LogP contribution in [-0.4, -0.2) is 20.9 Å². The lowest BCUT2D eigenvalue weighted by Gasteiger charge is -2.12. The Morgan fingerprint density at radius 2 is 1.55 bits per heavy atom. The van der Waals surface area contributed by atoms with E-state index in [1.807, 2.05) is 83.5 Å². The van der Waals surface area contributed by atoms with Crippen molar-refractivity contribution >= 4 is 17.6 Å². The van der Waals surface area contributed by atoms with Gasteiger partial charge in [-0.2, -0.15) is 5.10 Å². The van der Waals surface area contributed by atoms with Crippen LogP contribution in [0.2, 0.25) is 5.02 Å². The van der Waals surface area contributed by atoms with Gasteiger partial charge < -0.3 is 9.84 Å². The molecule has 0 saturated heterocycles. The Morgan fingerprint density at radius 3 is 2.29 bits per heavy atom. The molecule has 4 aromatic carbocycles. The molecule has 0 fully saturated rings. The molecule has 0 aliphatic carbocycles. The quantitative estimate of drug-likeness (QED) is 0.206. The van der Waals surface area contributed by atoms with Gasteiger partial charge in [-0.25, -0.2) is 0 Å². The standard InChI is InChI=1S/C32H27ClN2O3/c33-27-13-7-10-25(18-27)22-38-31-16-14-23(15-17-32(36)37)19-28(31)29-20-30(26-11-5-2-6-12-26)35(34-29)21-24-8-3-1-4-9-24/h1-14,16,18-20H,15,17,21-22H2,(H,36,37). The van der Waals surface area contributed by atoms with E-state index in [2.05, 4.69) is 30.3 Å². The van der Waals surface area contributed by atoms with Gasteiger partial charge >= 0.3 is 5.97 Å². The van der Waals surface area contributed by atoms with E-state index in [0.717, 1.165) is 39.2 Å². The summed E-state index contributed by atoms with van der Waals surface area (Å²) in [5.74, 6) is -0.153. The Labute approximate surface area is 226 Å². The number of carbonyl (C=O) groups is 1. The molecule has 5 rings (SSSR count). The van der Waals surface area contributed by atoms with Crippen molar-refractivity contribution in [2.75, 3.05) is 0 Å². The normalized spacial score (nSPS) is 10.9. The molecule has 0 spiro atoms. The molecule has 0 radical (unpaired) electrons. The second kappa shape index (κ2) is 11.8. The van der Waals surface area contributed by atoms with Crippen molar-refractivity contribution in [1.82, 2.24) is 9.78 Å². The van der Waals surface area contributed by atoms with Gasteiger partial charge in [-0.3, -0.25) is 9.48 Å². The number of aryl methyl sites for hydroxylation is 1. The minimum atomic E-state index is -0.827. The predicted octanol–water partition coefficient (Wildman–Crippen LogP) is 7.52. The number of carboxylic acid groups (broad SMARTS) is 1. The Balaban J connectivity index is 1.55. The Bertz CT molecular complexity index is 1530. The Morgan fingerprint density at radius 1 is 0.816 bits per heavy atom. The molecule has 0 bridgehead atoms. The minimum Gasteiger partial charge on any atom is -0.488 e. The summed E-state index contributed by atoms with van der Waals surface area (Å²) in [7, 11) is 0. The largest absolute Gasteiger partial charge is 0.488 e. The van der Waals surface area contributed by atoms with Gasteiger partial charge in [0.1, 0.15) is 12.4 Å². The molecule has 0 atom stereocenters. The molecule has 0 saturated carbocycles. The first-order valence-corrected chi connectivity index (χ1v) is 12.8. The van der Waals surface area contributed by atoms with Crippen molar-refractivity contribution < 1.29 is 14.6 Å². The van der Waals surface area contributed by atoms with Crippen LogP contribution >= 0.6 is 11.6 Å². The van der Waals surface area contributed by atoms with Crippen molar-refractivity contribution in [2.24, 2.45) is 0 Å². The molecule has 0 aliphatic rings. The van der Waals surface area contributed by atoms with Gasteiger partial charge in [0.15, 0.2) is 0 Å². The Hall–Kier alpha value is -4.35. The van der Waals surface area contributed by atoms with Gasteiger partial charge in [0, 0.05) is 17.0 Å². The van der Waals surface area contributed by atoms with E-state index in [9.17, 15) is 9.90 Å². The maximum atomic E-state index is 11.2. The van der Waals surface area contributed by atoms with Crippen molar-refractivity contribution in [3.63, 3.8) is 0 Å². The zero-order chi connectivity index (χ0) is 26.3. The lowest BCUT2D eigenvalue weighted by atomic mass is 10.0. The fraction of sp³-hybridized carbons (Fsp3) is 0.125. The molecular formula is C32H27ClN2O3. The first kappa shape index (κ1) is 25.3. The summed E-state index contributed by atoms with van der Waals surface area (Å²) >= 11 is 6.16. The number of aromatic nitrogens is 2. The van der Waals surface area contributed by atoms with Gasteiger partial charge in [0.25, 0.3) is 0 Å². The molecule has 0 aliphatic heterocycles. The third-order valence-electron chi connectivity index (χ3n) is 6.26. The topological polar surface area (TPSA) is 64.3 Å². The fourth-order valence-corrected chi connectivity index (χ4v) is 4.58. The molecule has 6 heteroatoms. The average Bonchev–Trinajstić information content (AvgIpc) is 3.35. The number of halogens is 1. The van der Waals surface area contributed by atoms with E-state index < -0.39 is 5.97 Å². The highest BCUT2D eigenvalue weighted by Crippen LogP contribution is 2.34. The van der Waals surface area contributed by atoms with Crippen LogP contribution < -0.4 is 4.74 Å². The number of hydrogen-bond acceptors (Lipinski definition) is 3. The molecule has 5 aromatic rings. The SMILES string of the molecule is O=C(O)CCc1ccc(OCc2cccc(Cl)c2)c(-c2cc(-c3ccccc3)n(Cc3ccccc3)n2)c1. The van der Waals surface area contributed by atoms with Crippen LogP contribution in [0.3, 0.4) is 0 Å².